The number of hydrogen-bond acceptors (Lipinski definition) is 1. The molecular weight excluding hydrogens is 388 g/mol. The molecule has 2 atom stereocenters. The van der Waals surface area contributed by atoms with Gasteiger partial charge in [-0.1, -0.05) is 131 Å². The molecule has 2 unspecified atom stereocenters. The van der Waals surface area contributed by atoms with Crippen molar-refractivity contribution in [2.45, 2.75) is 169 Å². The third-order valence-corrected chi connectivity index (χ3v) is 9.95. The summed E-state index contributed by atoms with van der Waals surface area (Å²) in [7, 11) is 0. The van der Waals surface area contributed by atoms with Crippen LogP contribution >= 0.6 is 0 Å². The lowest BCUT2D eigenvalue weighted by atomic mass is 9.57. The SMILES string of the molecule is CC(C)C(=O)C1(C)CCCCCC(C)(C2(C)CCCCCCCCCCCC2)CCCC1. The second-order valence-corrected chi connectivity index (χ2v) is 13.0. The molecule has 0 aliphatic heterocycles. The van der Waals surface area contributed by atoms with Crippen LogP contribution in [0.3, 0.4) is 0 Å². The molecule has 0 N–H and O–H groups in total. The molecule has 0 spiro atoms. The molecule has 0 radical (unpaired) electrons. The molecule has 0 saturated heterocycles. The Kier molecular flexibility index (Phi) is 11.8. The lowest BCUT2D eigenvalue weighted by Crippen LogP contribution is -2.38. The summed E-state index contributed by atoms with van der Waals surface area (Å²) < 4.78 is 0. The van der Waals surface area contributed by atoms with E-state index in [2.05, 4.69) is 34.6 Å². The first kappa shape index (κ1) is 27.9. The van der Waals surface area contributed by atoms with Crippen LogP contribution in [0.5, 0.6) is 0 Å². The zero-order valence-corrected chi connectivity index (χ0v) is 22.8. The summed E-state index contributed by atoms with van der Waals surface area (Å²) in [6.07, 6.45) is 28.8. The molecule has 2 saturated carbocycles. The lowest BCUT2D eigenvalue weighted by Gasteiger charge is -2.48. The minimum atomic E-state index is -0.0789. The van der Waals surface area contributed by atoms with Gasteiger partial charge in [-0.15, -0.1) is 0 Å². The molecule has 2 aliphatic carbocycles. The van der Waals surface area contributed by atoms with Crippen molar-refractivity contribution in [3.8, 4) is 0 Å². The Balaban J connectivity index is 2.09. The van der Waals surface area contributed by atoms with E-state index < -0.39 is 0 Å². The summed E-state index contributed by atoms with van der Waals surface area (Å²) in [5.74, 6) is 0.691. The second-order valence-electron chi connectivity index (χ2n) is 13.0. The number of Topliss-reactive ketones (excluding diaryl/α,β-unsaturated/α-hetero) is 1. The van der Waals surface area contributed by atoms with Crippen LogP contribution in [0.2, 0.25) is 0 Å². The van der Waals surface area contributed by atoms with Gasteiger partial charge in [-0.3, -0.25) is 4.79 Å². The number of carbonyl (C=O) groups is 1. The first-order valence-electron chi connectivity index (χ1n) is 14.8. The Morgan fingerprint density at radius 3 is 1.09 bits per heavy atom. The third-order valence-electron chi connectivity index (χ3n) is 9.95. The van der Waals surface area contributed by atoms with Crippen LogP contribution in [0, 0.1) is 22.2 Å². The van der Waals surface area contributed by atoms with Gasteiger partial charge in [0.1, 0.15) is 5.78 Å². The molecule has 1 heteroatoms. The van der Waals surface area contributed by atoms with Crippen molar-refractivity contribution in [1.29, 1.82) is 0 Å². The van der Waals surface area contributed by atoms with Gasteiger partial charge in [-0.2, -0.15) is 0 Å². The van der Waals surface area contributed by atoms with Crippen LogP contribution in [0.1, 0.15) is 169 Å². The average molecular weight is 447 g/mol. The number of carbonyl (C=O) groups excluding carboxylic acids is 1. The standard InChI is InChI=1S/C31H58O/c1-27(2)28(32)29(3)21-15-14-18-25-31(5,26-20-19-22-29)30(4)23-16-12-10-8-6-7-9-11-13-17-24-30/h27H,6-26H2,1-5H3. The minimum absolute atomic E-state index is 0.0789. The average Bonchev–Trinajstić information content (AvgIpc) is 2.77. The quantitative estimate of drug-likeness (QED) is 0.421. The highest BCUT2D eigenvalue weighted by atomic mass is 16.1. The maximum Gasteiger partial charge on any atom is 0.141 e. The first-order valence-corrected chi connectivity index (χ1v) is 14.8. The summed E-state index contributed by atoms with van der Waals surface area (Å²) in [5.41, 5.74) is 0.882. The van der Waals surface area contributed by atoms with Gasteiger partial charge < -0.3 is 0 Å². The normalized spacial score (nSPS) is 32.7. The van der Waals surface area contributed by atoms with Gasteiger partial charge in [0.05, 0.1) is 0 Å². The van der Waals surface area contributed by atoms with Crippen molar-refractivity contribution in [1.82, 2.24) is 0 Å². The van der Waals surface area contributed by atoms with E-state index in [0.29, 0.717) is 16.6 Å². The van der Waals surface area contributed by atoms with Gasteiger partial charge in [-0.25, -0.2) is 0 Å². The molecule has 0 bridgehead atoms. The monoisotopic (exact) mass is 446 g/mol. The van der Waals surface area contributed by atoms with E-state index in [9.17, 15) is 4.79 Å². The fraction of sp³-hybridized carbons (Fsp3) is 0.968. The highest BCUT2D eigenvalue weighted by Crippen LogP contribution is 2.53. The predicted octanol–water partition coefficient (Wildman–Crippen LogP) is 10.4. The van der Waals surface area contributed by atoms with E-state index in [1.54, 1.807) is 0 Å². The predicted molar refractivity (Wildman–Crippen MR) is 141 cm³/mol. The smallest absolute Gasteiger partial charge is 0.141 e. The second kappa shape index (κ2) is 13.5. The zero-order valence-electron chi connectivity index (χ0n) is 22.8. The molecule has 0 amide bonds. The highest BCUT2D eigenvalue weighted by molar-refractivity contribution is 5.86. The Morgan fingerprint density at radius 2 is 0.719 bits per heavy atom. The maximum atomic E-state index is 13.0. The van der Waals surface area contributed by atoms with Crippen molar-refractivity contribution in [3.63, 3.8) is 0 Å². The van der Waals surface area contributed by atoms with Crippen LogP contribution in [0.4, 0.5) is 0 Å². The molecule has 32 heavy (non-hydrogen) atoms. The van der Waals surface area contributed by atoms with Gasteiger partial charge in [0.15, 0.2) is 0 Å². The molecule has 1 nitrogen and oxygen atoms in total. The molecule has 0 aromatic carbocycles. The maximum absolute atomic E-state index is 13.0. The van der Waals surface area contributed by atoms with E-state index in [4.69, 9.17) is 0 Å². The van der Waals surface area contributed by atoms with E-state index in [0.717, 1.165) is 12.8 Å². The molecule has 2 rings (SSSR count). The Bertz CT molecular complexity index is 521. The number of ketones is 1. The van der Waals surface area contributed by atoms with E-state index >= 15 is 0 Å². The van der Waals surface area contributed by atoms with Crippen LogP contribution in [0.25, 0.3) is 0 Å². The Hall–Kier alpha value is -0.330. The zero-order chi connectivity index (χ0) is 23.5. The van der Waals surface area contributed by atoms with Gasteiger partial charge in [0.2, 0.25) is 0 Å². The van der Waals surface area contributed by atoms with Crippen molar-refractivity contribution in [3.05, 3.63) is 0 Å². The Labute approximate surface area is 202 Å². The van der Waals surface area contributed by atoms with Crippen molar-refractivity contribution >= 4 is 5.78 Å². The molecule has 0 aromatic rings. The molecule has 0 heterocycles. The summed E-state index contributed by atoms with van der Waals surface area (Å²) in [4.78, 5) is 13.0. The number of rotatable bonds is 3. The molecular formula is C31H58O. The van der Waals surface area contributed by atoms with Crippen LogP contribution in [-0.2, 0) is 4.79 Å². The van der Waals surface area contributed by atoms with Gasteiger partial charge in [-0.05, 0) is 49.4 Å². The molecule has 188 valence electrons. The fourth-order valence-electron chi connectivity index (χ4n) is 7.21. The minimum Gasteiger partial charge on any atom is -0.299 e. The fourth-order valence-corrected chi connectivity index (χ4v) is 7.21. The van der Waals surface area contributed by atoms with Crippen molar-refractivity contribution in [2.24, 2.45) is 22.2 Å². The lowest BCUT2D eigenvalue weighted by molar-refractivity contribution is -0.132. The Morgan fingerprint density at radius 1 is 0.469 bits per heavy atom. The van der Waals surface area contributed by atoms with Gasteiger partial charge in [0.25, 0.3) is 0 Å². The van der Waals surface area contributed by atoms with Crippen LogP contribution < -0.4 is 0 Å². The topological polar surface area (TPSA) is 17.1 Å². The largest absolute Gasteiger partial charge is 0.299 e. The summed E-state index contributed by atoms with van der Waals surface area (Å²) in [6, 6.07) is 0. The molecule has 2 fully saturated rings. The van der Waals surface area contributed by atoms with Crippen molar-refractivity contribution in [2.75, 3.05) is 0 Å². The van der Waals surface area contributed by atoms with Gasteiger partial charge in [0, 0.05) is 11.3 Å². The van der Waals surface area contributed by atoms with Crippen molar-refractivity contribution < 1.29 is 4.79 Å². The summed E-state index contributed by atoms with van der Waals surface area (Å²) in [5, 5.41) is 0. The third kappa shape index (κ3) is 8.16. The summed E-state index contributed by atoms with van der Waals surface area (Å²) >= 11 is 0. The highest BCUT2D eigenvalue weighted by Gasteiger charge is 2.43. The van der Waals surface area contributed by atoms with E-state index in [1.165, 1.54) is 122 Å². The van der Waals surface area contributed by atoms with E-state index in [-0.39, 0.29) is 11.3 Å². The summed E-state index contributed by atoms with van der Waals surface area (Å²) in [6.45, 7) is 11.8. The first-order chi connectivity index (χ1) is 15.2. The molecule has 2 aliphatic rings. The number of hydrogen-bond donors (Lipinski definition) is 0. The van der Waals surface area contributed by atoms with Gasteiger partial charge >= 0.3 is 0 Å². The van der Waals surface area contributed by atoms with Crippen LogP contribution in [-0.4, -0.2) is 5.78 Å². The molecule has 0 aromatic heterocycles. The van der Waals surface area contributed by atoms with Crippen LogP contribution in [0.15, 0.2) is 0 Å². The van der Waals surface area contributed by atoms with E-state index in [1.807, 2.05) is 0 Å².